The number of allylic oxidation sites excluding steroid dienone is 4. The number of aromatic nitrogens is 2. The Morgan fingerprint density at radius 2 is 2.14 bits per heavy atom. The molecule has 6 nitrogen and oxygen atoms in total. The first-order valence-corrected chi connectivity index (χ1v) is 8.90. The Kier molecular flexibility index (Phi) is 5.81. The number of carbonyl (C=O) groups excluding carboxylic acids is 1. The third-order valence-electron chi connectivity index (χ3n) is 4.04. The molecule has 1 aromatic heterocycles. The second-order valence-electron chi connectivity index (χ2n) is 6.32. The fraction of sp³-hybridized carbons (Fsp3) is 0.263. The summed E-state index contributed by atoms with van der Waals surface area (Å²) in [5, 5.41) is 14.8. The summed E-state index contributed by atoms with van der Waals surface area (Å²) in [5.74, 6) is -3.43. The van der Waals surface area contributed by atoms with Crippen molar-refractivity contribution in [1.82, 2.24) is 9.78 Å². The SMILES string of the molecule is CC1C=C(n2nc(C(F)(F)CO)c(Cl)c2NC(=O)Oc2ccccc2)C=CC1. The van der Waals surface area contributed by atoms with Gasteiger partial charge in [0, 0.05) is 0 Å². The van der Waals surface area contributed by atoms with Gasteiger partial charge < -0.3 is 9.84 Å². The van der Waals surface area contributed by atoms with Gasteiger partial charge in [-0.3, -0.25) is 5.32 Å². The number of aliphatic hydroxyl groups is 1. The Morgan fingerprint density at radius 1 is 1.43 bits per heavy atom. The van der Waals surface area contributed by atoms with E-state index in [4.69, 9.17) is 21.4 Å². The summed E-state index contributed by atoms with van der Waals surface area (Å²) in [6.45, 7) is 0.484. The summed E-state index contributed by atoms with van der Waals surface area (Å²) in [6.07, 6.45) is 5.25. The average Bonchev–Trinajstić information content (AvgIpc) is 3.00. The zero-order chi connectivity index (χ0) is 20.3. The highest BCUT2D eigenvalue weighted by molar-refractivity contribution is 6.34. The third kappa shape index (κ3) is 4.23. The second kappa shape index (κ2) is 8.12. The summed E-state index contributed by atoms with van der Waals surface area (Å²) in [7, 11) is 0. The quantitative estimate of drug-likeness (QED) is 0.752. The number of carbonyl (C=O) groups is 1. The topological polar surface area (TPSA) is 76.4 Å². The minimum Gasteiger partial charge on any atom is -0.410 e. The molecule has 1 heterocycles. The van der Waals surface area contributed by atoms with Crippen LogP contribution in [0.25, 0.3) is 5.70 Å². The smallest absolute Gasteiger partial charge is 0.410 e. The molecule has 28 heavy (non-hydrogen) atoms. The molecule has 2 aromatic rings. The van der Waals surface area contributed by atoms with Gasteiger partial charge in [0.1, 0.15) is 17.4 Å². The second-order valence-corrected chi connectivity index (χ2v) is 6.70. The van der Waals surface area contributed by atoms with E-state index in [1.54, 1.807) is 36.4 Å². The van der Waals surface area contributed by atoms with Crippen LogP contribution in [-0.4, -0.2) is 27.6 Å². The predicted molar refractivity (Wildman–Crippen MR) is 101 cm³/mol. The van der Waals surface area contributed by atoms with Crippen LogP contribution in [0.15, 0.2) is 48.6 Å². The molecule has 1 unspecified atom stereocenters. The van der Waals surface area contributed by atoms with Crippen LogP contribution in [0.4, 0.5) is 19.4 Å². The summed E-state index contributed by atoms with van der Waals surface area (Å²) in [6, 6.07) is 8.25. The van der Waals surface area contributed by atoms with E-state index in [2.05, 4.69) is 10.4 Å². The van der Waals surface area contributed by atoms with Crippen LogP contribution in [0.5, 0.6) is 5.75 Å². The first-order chi connectivity index (χ1) is 13.3. The predicted octanol–water partition coefficient (Wildman–Crippen LogP) is 4.67. The van der Waals surface area contributed by atoms with Gasteiger partial charge >= 0.3 is 12.0 Å². The Labute approximate surface area is 165 Å². The highest BCUT2D eigenvalue weighted by Crippen LogP contribution is 2.38. The number of rotatable bonds is 5. The number of ether oxygens (including phenoxy) is 1. The minimum absolute atomic E-state index is 0.147. The van der Waals surface area contributed by atoms with E-state index in [9.17, 15) is 13.6 Å². The van der Waals surface area contributed by atoms with Gasteiger partial charge in [-0.25, -0.2) is 9.48 Å². The number of para-hydroxylation sites is 1. The molecule has 0 saturated heterocycles. The van der Waals surface area contributed by atoms with Crippen molar-refractivity contribution in [3.63, 3.8) is 0 Å². The molecule has 9 heteroatoms. The van der Waals surface area contributed by atoms with Crippen molar-refractivity contribution < 1.29 is 23.4 Å². The summed E-state index contributed by atoms with van der Waals surface area (Å²) < 4.78 is 34.4. The molecule has 0 radical (unpaired) electrons. The Morgan fingerprint density at radius 3 is 2.79 bits per heavy atom. The molecule has 1 aliphatic rings. The fourth-order valence-electron chi connectivity index (χ4n) is 2.68. The van der Waals surface area contributed by atoms with Gasteiger partial charge in [-0.1, -0.05) is 48.9 Å². The lowest BCUT2D eigenvalue weighted by Gasteiger charge is -2.15. The van der Waals surface area contributed by atoms with Gasteiger partial charge in [-0.2, -0.15) is 13.9 Å². The number of nitrogens with one attached hydrogen (secondary N) is 1. The summed E-state index contributed by atoms with van der Waals surface area (Å²) in [5.41, 5.74) is -0.366. The zero-order valence-electron chi connectivity index (χ0n) is 14.9. The molecule has 0 fully saturated rings. The van der Waals surface area contributed by atoms with E-state index < -0.39 is 29.3 Å². The number of aliphatic hydroxyl groups excluding tert-OH is 1. The third-order valence-corrected chi connectivity index (χ3v) is 4.40. The van der Waals surface area contributed by atoms with Crippen molar-refractivity contribution in [2.24, 2.45) is 5.92 Å². The number of amides is 1. The highest BCUT2D eigenvalue weighted by Gasteiger charge is 2.39. The molecule has 1 atom stereocenters. The maximum atomic E-state index is 14.1. The van der Waals surface area contributed by atoms with Gasteiger partial charge in [-0.15, -0.1) is 0 Å². The molecule has 0 aliphatic heterocycles. The van der Waals surface area contributed by atoms with E-state index in [0.717, 1.165) is 11.1 Å². The number of hydrogen-bond donors (Lipinski definition) is 2. The molecule has 1 amide bonds. The summed E-state index contributed by atoms with van der Waals surface area (Å²) in [4.78, 5) is 12.3. The van der Waals surface area contributed by atoms with Crippen LogP contribution >= 0.6 is 11.6 Å². The number of hydrogen-bond acceptors (Lipinski definition) is 4. The van der Waals surface area contributed by atoms with Crippen molar-refractivity contribution in [2.75, 3.05) is 11.9 Å². The molecular weight excluding hydrogens is 392 g/mol. The van der Waals surface area contributed by atoms with Gasteiger partial charge in [-0.05, 0) is 30.5 Å². The molecule has 1 aliphatic carbocycles. The molecule has 2 N–H and O–H groups in total. The number of halogens is 3. The molecule has 0 spiro atoms. The maximum absolute atomic E-state index is 14.1. The van der Waals surface area contributed by atoms with Crippen molar-refractivity contribution in [3.05, 3.63) is 59.3 Å². The van der Waals surface area contributed by atoms with Crippen LogP contribution in [-0.2, 0) is 5.92 Å². The minimum atomic E-state index is -3.67. The van der Waals surface area contributed by atoms with Crippen molar-refractivity contribution in [3.8, 4) is 5.75 Å². The standard InChI is InChI=1S/C19H18ClF2N3O3/c1-12-6-5-7-13(10-12)25-17(15(20)16(24-25)19(21,22)11-26)23-18(27)28-14-8-3-2-4-9-14/h2-5,7-10,12,26H,6,11H2,1H3,(H,23,27). The highest BCUT2D eigenvalue weighted by atomic mass is 35.5. The number of alkyl halides is 2. The monoisotopic (exact) mass is 409 g/mol. The Bertz CT molecular complexity index is 926. The lowest BCUT2D eigenvalue weighted by molar-refractivity contribution is -0.0593. The van der Waals surface area contributed by atoms with Crippen molar-refractivity contribution in [2.45, 2.75) is 19.3 Å². The van der Waals surface area contributed by atoms with E-state index >= 15 is 0 Å². The maximum Gasteiger partial charge on any atom is 0.418 e. The van der Waals surface area contributed by atoms with Gasteiger partial charge in [0.25, 0.3) is 0 Å². The normalized spacial score (nSPS) is 16.6. The zero-order valence-corrected chi connectivity index (χ0v) is 15.7. The van der Waals surface area contributed by atoms with E-state index in [-0.39, 0.29) is 17.5 Å². The molecule has 3 rings (SSSR count). The Hall–Kier alpha value is -2.71. The first kappa shape index (κ1) is 20.0. The van der Waals surface area contributed by atoms with Crippen LogP contribution in [0, 0.1) is 5.92 Å². The van der Waals surface area contributed by atoms with Crippen LogP contribution in [0.1, 0.15) is 19.0 Å². The number of nitrogens with zero attached hydrogens (tertiary/aromatic N) is 2. The first-order valence-electron chi connectivity index (χ1n) is 8.52. The molecule has 0 bridgehead atoms. The van der Waals surface area contributed by atoms with E-state index in [0.29, 0.717) is 5.70 Å². The lowest BCUT2D eigenvalue weighted by atomic mass is 10.0. The largest absolute Gasteiger partial charge is 0.418 e. The van der Waals surface area contributed by atoms with Crippen LogP contribution in [0.3, 0.4) is 0 Å². The van der Waals surface area contributed by atoms with Gasteiger partial charge in [0.05, 0.1) is 5.70 Å². The van der Waals surface area contributed by atoms with Gasteiger partial charge in [0.15, 0.2) is 11.5 Å². The summed E-state index contributed by atoms with van der Waals surface area (Å²) >= 11 is 6.10. The van der Waals surface area contributed by atoms with Crippen LogP contribution in [0.2, 0.25) is 5.02 Å². The van der Waals surface area contributed by atoms with Gasteiger partial charge in [0.2, 0.25) is 0 Å². The number of anilines is 1. The average molecular weight is 410 g/mol. The molecule has 148 valence electrons. The molecular formula is C19H18ClF2N3O3. The van der Waals surface area contributed by atoms with Crippen LogP contribution < -0.4 is 10.1 Å². The van der Waals surface area contributed by atoms with Crippen molar-refractivity contribution in [1.29, 1.82) is 0 Å². The van der Waals surface area contributed by atoms with E-state index in [1.165, 1.54) is 0 Å². The lowest BCUT2D eigenvalue weighted by Crippen LogP contribution is -2.20. The Balaban J connectivity index is 1.98. The van der Waals surface area contributed by atoms with E-state index in [1.807, 2.05) is 19.1 Å². The van der Waals surface area contributed by atoms with Crippen molar-refractivity contribution >= 4 is 29.2 Å². The molecule has 0 saturated carbocycles. The molecule has 1 aromatic carbocycles. The number of benzene rings is 1. The fourth-order valence-corrected chi connectivity index (χ4v) is 2.98.